The number of benzene rings is 2. The SMILES string of the molecule is CC.[B]C([B])Oc1cc(NC(=O)c2cn(-c3ccc(S)cc3)nc2C)ccc1CN1CCC=C(C2(O)CCC2)C1. The van der Waals surface area contributed by atoms with Crippen molar-refractivity contribution in [3.05, 3.63) is 77.1 Å². The van der Waals surface area contributed by atoms with E-state index in [1.807, 2.05) is 50.2 Å². The summed E-state index contributed by atoms with van der Waals surface area (Å²) in [7, 11) is 11.5. The number of carbonyl (C=O) groups excluding carboxylic acids is 1. The van der Waals surface area contributed by atoms with Gasteiger partial charge in [0.1, 0.15) is 21.4 Å². The second-order valence-corrected chi connectivity index (χ2v) is 10.6. The average molecular weight is 554 g/mol. The van der Waals surface area contributed by atoms with E-state index in [9.17, 15) is 9.90 Å². The molecule has 0 atom stereocenters. The molecule has 0 saturated heterocycles. The van der Waals surface area contributed by atoms with Crippen LogP contribution in [0.25, 0.3) is 5.69 Å². The molecule has 4 radical (unpaired) electrons. The molecule has 40 heavy (non-hydrogen) atoms. The predicted molar refractivity (Wildman–Crippen MR) is 164 cm³/mol. The van der Waals surface area contributed by atoms with Crippen molar-refractivity contribution in [1.29, 1.82) is 0 Å². The van der Waals surface area contributed by atoms with Crippen LogP contribution in [0.2, 0.25) is 0 Å². The van der Waals surface area contributed by atoms with Gasteiger partial charge in [0.2, 0.25) is 0 Å². The summed E-state index contributed by atoms with van der Waals surface area (Å²) in [4.78, 5) is 16.3. The highest BCUT2D eigenvalue weighted by atomic mass is 32.1. The largest absolute Gasteiger partial charge is 0.509 e. The number of rotatable bonds is 8. The molecule has 1 aromatic heterocycles. The fourth-order valence-electron chi connectivity index (χ4n) is 4.99. The molecule has 1 aliphatic heterocycles. The van der Waals surface area contributed by atoms with Crippen molar-refractivity contribution in [3.63, 3.8) is 0 Å². The summed E-state index contributed by atoms with van der Waals surface area (Å²) in [5.74, 6) is -0.776. The molecule has 7 nitrogen and oxygen atoms in total. The van der Waals surface area contributed by atoms with Gasteiger partial charge in [0.05, 0.1) is 22.5 Å². The first-order chi connectivity index (χ1) is 19.2. The van der Waals surface area contributed by atoms with Gasteiger partial charge in [-0.25, -0.2) is 4.68 Å². The van der Waals surface area contributed by atoms with E-state index < -0.39 is 11.5 Å². The zero-order valence-electron chi connectivity index (χ0n) is 23.4. The van der Waals surface area contributed by atoms with Crippen LogP contribution in [0.3, 0.4) is 0 Å². The summed E-state index contributed by atoms with van der Waals surface area (Å²) >= 11 is 4.32. The second kappa shape index (κ2) is 13.1. The minimum absolute atomic E-state index is 0.283. The molecule has 0 spiro atoms. The molecule has 5 rings (SSSR count). The molecule has 0 bridgehead atoms. The van der Waals surface area contributed by atoms with Gasteiger partial charge in [-0.1, -0.05) is 26.0 Å². The van der Waals surface area contributed by atoms with E-state index in [2.05, 4.69) is 34.0 Å². The quantitative estimate of drug-likeness (QED) is 0.212. The van der Waals surface area contributed by atoms with E-state index in [0.717, 1.165) is 53.9 Å². The van der Waals surface area contributed by atoms with Crippen LogP contribution < -0.4 is 10.1 Å². The molecule has 0 unspecified atom stereocenters. The van der Waals surface area contributed by atoms with Gasteiger partial charge in [-0.3, -0.25) is 9.69 Å². The van der Waals surface area contributed by atoms with E-state index in [0.29, 0.717) is 35.8 Å². The van der Waals surface area contributed by atoms with Gasteiger partial charge in [0, 0.05) is 53.9 Å². The van der Waals surface area contributed by atoms with Crippen molar-refractivity contribution < 1.29 is 14.6 Å². The summed E-state index contributed by atoms with van der Waals surface area (Å²) in [5, 5.41) is 18.2. The van der Waals surface area contributed by atoms with Crippen molar-refractivity contribution >= 4 is 39.9 Å². The Bertz CT molecular complexity index is 1350. The molecule has 206 valence electrons. The topological polar surface area (TPSA) is 79.6 Å². The zero-order chi connectivity index (χ0) is 28.9. The van der Waals surface area contributed by atoms with Crippen LogP contribution >= 0.6 is 12.6 Å². The van der Waals surface area contributed by atoms with Crippen molar-refractivity contribution in [2.75, 3.05) is 18.4 Å². The number of ether oxygens (including phenoxy) is 1. The number of amides is 1. The first-order valence-corrected chi connectivity index (χ1v) is 14.3. The number of carbonyl (C=O) groups is 1. The van der Waals surface area contributed by atoms with Crippen LogP contribution in [0.15, 0.2) is 65.2 Å². The standard InChI is InChI=1S/C28H30B2N4O3S.C2H6/c1-18-24(17-34(32-18)22-7-9-23(38)10-8-22)26(35)31-21-6-5-19(25(14-21)37-27(29)30)15-33-13-2-4-20(16-33)28(36)11-3-12-28;1-2/h4-10,14,17,27,36,38H,2-3,11-13,15-16H2,1H3,(H,31,35);1-2H3. The molecule has 2 N–H and O–H groups in total. The summed E-state index contributed by atoms with van der Waals surface area (Å²) in [5.41, 5.74) is 3.83. The van der Waals surface area contributed by atoms with Gasteiger partial charge >= 0.3 is 0 Å². The Balaban J connectivity index is 0.00000181. The number of hydrogen-bond acceptors (Lipinski definition) is 6. The lowest BCUT2D eigenvalue weighted by Gasteiger charge is -2.42. The number of aryl methyl sites for hydroxylation is 1. The van der Waals surface area contributed by atoms with Gasteiger partial charge < -0.3 is 15.2 Å². The molecule has 3 aromatic rings. The molecule has 2 heterocycles. The molecule has 1 fully saturated rings. The highest BCUT2D eigenvalue weighted by Crippen LogP contribution is 2.40. The monoisotopic (exact) mass is 554 g/mol. The number of anilines is 1. The lowest BCUT2D eigenvalue weighted by atomic mass is 9.73. The lowest BCUT2D eigenvalue weighted by Crippen LogP contribution is -2.45. The number of aliphatic hydroxyl groups is 1. The number of hydrogen-bond donors (Lipinski definition) is 3. The summed E-state index contributed by atoms with van der Waals surface area (Å²) < 4.78 is 7.40. The number of nitrogens with one attached hydrogen (secondary N) is 1. The summed E-state index contributed by atoms with van der Waals surface area (Å²) in [6.07, 6.45) is 7.51. The van der Waals surface area contributed by atoms with Crippen molar-refractivity contribution in [2.45, 2.75) is 69.4 Å². The van der Waals surface area contributed by atoms with E-state index in [1.54, 1.807) is 23.9 Å². The Morgan fingerprint density at radius 2 is 1.93 bits per heavy atom. The van der Waals surface area contributed by atoms with E-state index in [1.165, 1.54) is 0 Å². The van der Waals surface area contributed by atoms with Crippen LogP contribution in [0.5, 0.6) is 5.75 Å². The predicted octanol–water partition coefficient (Wildman–Crippen LogP) is 4.79. The van der Waals surface area contributed by atoms with Gasteiger partial charge in [0.15, 0.2) is 0 Å². The van der Waals surface area contributed by atoms with Crippen LogP contribution in [-0.2, 0) is 6.54 Å². The Labute approximate surface area is 245 Å². The van der Waals surface area contributed by atoms with Crippen LogP contribution in [-0.4, -0.2) is 66.0 Å². The second-order valence-electron chi connectivity index (χ2n) is 10.1. The number of thiol groups is 1. The van der Waals surface area contributed by atoms with Crippen LogP contribution in [0.4, 0.5) is 5.69 Å². The fraction of sp³-hybridized carbons (Fsp3) is 0.400. The number of aromatic nitrogens is 2. The Hall–Kier alpha value is -2.94. The normalized spacial score (nSPS) is 16.4. The zero-order valence-corrected chi connectivity index (χ0v) is 24.3. The Morgan fingerprint density at radius 1 is 1.20 bits per heavy atom. The highest BCUT2D eigenvalue weighted by molar-refractivity contribution is 7.80. The summed E-state index contributed by atoms with van der Waals surface area (Å²) in [6.45, 7) is 8.00. The van der Waals surface area contributed by atoms with E-state index in [4.69, 9.17) is 20.4 Å². The minimum Gasteiger partial charge on any atom is -0.509 e. The Kier molecular flexibility index (Phi) is 9.87. The minimum atomic E-state index is -1.00. The maximum Gasteiger partial charge on any atom is 0.259 e. The molecular weight excluding hydrogens is 518 g/mol. The van der Waals surface area contributed by atoms with Crippen molar-refractivity contribution in [2.24, 2.45) is 0 Å². The average Bonchev–Trinajstić information content (AvgIpc) is 3.32. The third kappa shape index (κ3) is 7.03. The lowest BCUT2D eigenvalue weighted by molar-refractivity contribution is -0.00592. The van der Waals surface area contributed by atoms with E-state index >= 15 is 0 Å². The molecular formula is C30H36B2N4O3S. The summed E-state index contributed by atoms with van der Waals surface area (Å²) in [6, 6.07) is 13.0. The van der Waals surface area contributed by atoms with Gasteiger partial charge in [0.25, 0.3) is 5.91 Å². The fourth-order valence-corrected chi connectivity index (χ4v) is 5.14. The maximum absolute atomic E-state index is 13.1. The van der Waals surface area contributed by atoms with Crippen LogP contribution in [0.1, 0.15) is 61.1 Å². The first-order valence-electron chi connectivity index (χ1n) is 13.8. The first kappa shape index (κ1) is 30.0. The molecule has 10 heteroatoms. The molecule has 2 aromatic carbocycles. The molecule has 1 aliphatic carbocycles. The Morgan fingerprint density at radius 3 is 2.58 bits per heavy atom. The van der Waals surface area contributed by atoms with Gasteiger partial charge in [-0.15, -0.1) is 12.6 Å². The maximum atomic E-state index is 13.1. The van der Waals surface area contributed by atoms with Crippen molar-refractivity contribution in [1.82, 2.24) is 14.7 Å². The molecule has 1 saturated carbocycles. The van der Waals surface area contributed by atoms with Gasteiger partial charge in [-0.2, -0.15) is 5.10 Å². The third-order valence-corrected chi connectivity index (χ3v) is 7.55. The molecule has 1 amide bonds. The molecule has 2 aliphatic rings. The highest BCUT2D eigenvalue weighted by Gasteiger charge is 2.39. The smallest absolute Gasteiger partial charge is 0.259 e. The van der Waals surface area contributed by atoms with E-state index in [-0.39, 0.29) is 5.91 Å². The van der Waals surface area contributed by atoms with Crippen LogP contribution in [0, 0.1) is 6.92 Å². The van der Waals surface area contributed by atoms with Crippen molar-refractivity contribution in [3.8, 4) is 11.4 Å². The number of nitrogens with zero attached hydrogens (tertiary/aromatic N) is 3. The van der Waals surface area contributed by atoms with Gasteiger partial charge in [-0.05, 0) is 68.5 Å². The third-order valence-electron chi connectivity index (χ3n) is 7.25.